The van der Waals surface area contributed by atoms with Crippen molar-refractivity contribution < 1.29 is 44.6 Å². The van der Waals surface area contributed by atoms with Gasteiger partial charge in [0.1, 0.15) is 24.1 Å². The Hall–Kier alpha value is -3.60. The van der Waals surface area contributed by atoms with Crippen molar-refractivity contribution in [3.63, 3.8) is 0 Å². The third kappa shape index (κ3) is 11.8. The van der Waals surface area contributed by atoms with Crippen LogP contribution in [0.1, 0.15) is 57.4 Å². The lowest BCUT2D eigenvalue weighted by Gasteiger charge is -2.23. The van der Waals surface area contributed by atoms with Crippen molar-refractivity contribution in [1.82, 2.24) is 0 Å². The van der Waals surface area contributed by atoms with Crippen LogP contribution in [0.4, 0.5) is 5.69 Å². The maximum atomic E-state index is 12.5. The summed E-state index contributed by atoms with van der Waals surface area (Å²) in [7, 11) is 0. The molecule has 0 aromatic heterocycles. The number of aliphatic hydroxyl groups excluding tert-OH is 3. The fourth-order valence-electron chi connectivity index (χ4n) is 3.66. The van der Waals surface area contributed by atoms with Gasteiger partial charge in [0.2, 0.25) is 0 Å². The number of nitrogens with one attached hydrogen (secondary N) is 1. The van der Waals surface area contributed by atoms with Crippen LogP contribution < -0.4 is 10.1 Å². The zero-order chi connectivity index (χ0) is 28.6. The van der Waals surface area contributed by atoms with Crippen LogP contribution in [0.15, 0.2) is 48.5 Å². The summed E-state index contributed by atoms with van der Waals surface area (Å²) in [5.41, 5.74) is 0.807. The molecule has 2 aromatic rings. The number of esters is 1. The molecule has 2 rings (SSSR count). The highest BCUT2D eigenvalue weighted by Crippen LogP contribution is 2.25. The number of phenols is 2. The van der Waals surface area contributed by atoms with Gasteiger partial charge in [-0.15, -0.1) is 0 Å². The molecular formula is C29H39NO9. The zero-order valence-electron chi connectivity index (χ0n) is 22.2. The molecule has 0 saturated heterocycles. The Kier molecular flexibility index (Phi) is 13.8. The average molecular weight is 546 g/mol. The highest BCUT2D eigenvalue weighted by Gasteiger charge is 2.28. The lowest BCUT2D eigenvalue weighted by molar-refractivity contribution is -0.154. The topological polar surface area (TPSA) is 166 Å². The molecule has 0 spiro atoms. The number of aliphatic hydroxyl groups is 3. The summed E-state index contributed by atoms with van der Waals surface area (Å²) in [4.78, 5) is 24.7. The summed E-state index contributed by atoms with van der Waals surface area (Å²) >= 11 is 0. The quantitative estimate of drug-likeness (QED) is 0.0755. The number of ether oxygens (including phenoxy) is 2. The Balaban J connectivity index is 1.84. The molecule has 0 saturated carbocycles. The molecule has 0 radical (unpaired) electrons. The fraction of sp³-hybridized carbons (Fsp3) is 0.448. The van der Waals surface area contributed by atoms with Crippen molar-refractivity contribution >= 4 is 23.6 Å². The van der Waals surface area contributed by atoms with Crippen LogP contribution in [0.25, 0.3) is 6.08 Å². The number of hydrogen-bond donors (Lipinski definition) is 6. The van der Waals surface area contributed by atoms with Crippen LogP contribution in [-0.4, -0.2) is 68.9 Å². The second-order valence-corrected chi connectivity index (χ2v) is 9.19. The van der Waals surface area contributed by atoms with Gasteiger partial charge in [-0.1, -0.05) is 45.1 Å². The highest BCUT2D eigenvalue weighted by molar-refractivity contribution is 5.94. The first-order chi connectivity index (χ1) is 18.7. The number of benzene rings is 2. The first-order valence-electron chi connectivity index (χ1n) is 13.1. The summed E-state index contributed by atoms with van der Waals surface area (Å²) in [5, 5.41) is 51.1. The molecule has 0 heterocycles. The minimum atomic E-state index is -1.65. The molecule has 0 aliphatic rings. The maximum Gasteiger partial charge on any atom is 0.331 e. The number of rotatable bonds is 17. The smallest absolute Gasteiger partial charge is 0.331 e. The molecule has 2 aromatic carbocycles. The summed E-state index contributed by atoms with van der Waals surface area (Å²) in [6.45, 7) is 2.03. The largest absolute Gasteiger partial charge is 0.504 e. The Morgan fingerprint density at radius 1 is 0.949 bits per heavy atom. The summed E-state index contributed by atoms with van der Waals surface area (Å²) < 4.78 is 10.9. The normalized spacial score (nSPS) is 13.5. The first-order valence-corrected chi connectivity index (χ1v) is 13.1. The van der Waals surface area contributed by atoms with Crippen molar-refractivity contribution in [2.75, 3.05) is 18.5 Å². The van der Waals surface area contributed by atoms with Crippen LogP contribution in [0, 0.1) is 0 Å². The minimum Gasteiger partial charge on any atom is -0.504 e. The third-order valence-electron chi connectivity index (χ3n) is 5.94. The SMILES string of the molecule is CCCCCCCCOc1ccc(NC(=O)C(O)CC(OC(=O)/C=C/c2ccc(O)c(O)c2)C(O)CO)cc1. The number of anilines is 1. The van der Waals surface area contributed by atoms with E-state index in [4.69, 9.17) is 9.47 Å². The van der Waals surface area contributed by atoms with Crippen LogP contribution in [-0.2, 0) is 14.3 Å². The van der Waals surface area contributed by atoms with E-state index >= 15 is 0 Å². The summed E-state index contributed by atoms with van der Waals surface area (Å²) in [6.07, 6.45) is 4.26. The van der Waals surface area contributed by atoms with Crippen LogP contribution >= 0.6 is 0 Å². The van der Waals surface area contributed by atoms with Gasteiger partial charge in [-0.05, 0) is 54.5 Å². The van der Waals surface area contributed by atoms with Gasteiger partial charge in [-0.3, -0.25) is 4.79 Å². The molecule has 0 fully saturated rings. The van der Waals surface area contributed by atoms with Crippen molar-refractivity contribution in [2.45, 2.75) is 70.2 Å². The van der Waals surface area contributed by atoms with Crippen LogP contribution in [0.2, 0.25) is 0 Å². The van der Waals surface area contributed by atoms with Gasteiger partial charge < -0.3 is 40.3 Å². The van der Waals surface area contributed by atoms with Gasteiger partial charge in [-0.2, -0.15) is 0 Å². The summed E-state index contributed by atoms with van der Waals surface area (Å²) in [6, 6.07) is 10.6. The van der Waals surface area contributed by atoms with Gasteiger partial charge in [0, 0.05) is 18.2 Å². The lowest BCUT2D eigenvalue weighted by atomic mass is 10.1. The van der Waals surface area contributed by atoms with Gasteiger partial charge in [0.25, 0.3) is 5.91 Å². The van der Waals surface area contributed by atoms with E-state index in [-0.39, 0.29) is 11.5 Å². The molecule has 0 bridgehead atoms. The summed E-state index contributed by atoms with van der Waals surface area (Å²) in [5.74, 6) is -1.72. The Morgan fingerprint density at radius 2 is 1.64 bits per heavy atom. The van der Waals surface area contributed by atoms with E-state index in [1.807, 2.05) is 0 Å². The van der Waals surface area contributed by atoms with Crippen LogP contribution in [0.5, 0.6) is 17.2 Å². The number of aromatic hydroxyl groups is 2. The maximum absolute atomic E-state index is 12.5. The van der Waals surface area contributed by atoms with Crippen LogP contribution in [0.3, 0.4) is 0 Å². The number of phenolic OH excluding ortho intramolecular Hbond substituents is 2. The molecule has 10 nitrogen and oxygen atoms in total. The predicted octanol–water partition coefficient (Wildman–Crippen LogP) is 3.51. The third-order valence-corrected chi connectivity index (χ3v) is 5.94. The second kappa shape index (κ2) is 17.1. The molecule has 10 heteroatoms. The Morgan fingerprint density at radius 3 is 2.31 bits per heavy atom. The van der Waals surface area contributed by atoms with Crippen molar-refractivity contribution in [3.8, 4) is 17.2 Å². The molecule has 3 unspecified atom stereocenters. The fourth-order valence-corrected chi connectivity index (χ4v) is 3.66. The Labute approximate surface area is 228 Å². The molecule has 3 atom stereocenters. The first kappa shape index (κ1) is 31.6. The van der Waals surface area contributed by atoms with E-state index in [0.717, 1.165) is 18.9 Å². The standard InChI is InChI=1S/C29H39NO9/c1-2-3-4-5-6-7-16-38-22-12-10-21(11-13-22)30-29(37)25(34)18-27(26(35)19-31)39-28(36)15-9-20-8-14-23(32)24(33)17-20/h8-15,17,25-27,31-35H,2-7,16,18-19H2,1H3,(H,30,37)/b15-9+. The van der Waals surface area contributed by atoms with Gasteiger partial charge in [0.05, 0.1) is 13.2 Å². The number of unbranched alkanes of at least 4 members (excludes halogenated alkanes) is 5. The van der Waals surface area contributed by atoms with Crippen molar-refractivity contribution in [2.24, 2.45) is 0 Å². The number of carbonyl (C=O) groups is 2. The van der Waals surface area contributed by atoms with Crippen molar-refractivity contribution in [3.05, 3.63) is 54.1 Å². The molecule has 0 aliphatic heterocycles. The number of hydrogen-bond acceptors (Lipinski definition) is 9. The van der Waals surface area contributed by atoms with Gasteiger partial charge in [-0.25, -0.2) is 4.79 Å². The second-order valence-electron chi connectivity index (χ2n) is 9.19. The number of carbonyl (C=O) groups excluding carboxylic acids is 2. The van der Waals surface area contributed by atoms with E-state index in [0.29, 0.717) is 23.6 Å². The monoisotopic (exact) mass is 545 g/mol. The van der Waals surface area contributed by atoms with Gasteiger partial charge >= 0.3 is 5.97 Å². The Bertz CT molecular complexity index is 1060. The van der Waals surface area contributed by atoms with E-state index in [1.165, 1.54) is 50.0 Å². The molecule has 214 valence electrons. The van der Waals surface area contributed by atoms with Crippen molar-refractivity contribution in [1.29, 1.82) is 0 Å². The lowest BCUT2D eigenvalue weighted by Crippen LogP contribution is -2.40. The number of amides is 1. The zero-order valence-corrected chi connectivity index (χ0v) is 22.2. The highest BCUT2D eigenvalue weighted by atomic mass is 16.6. The average Bonchev–Trinajstić information content (AvgIpc) is 2.93. The predicted molar refractivity (Wildman–Crippen MR) is 146 cm³/mol. The molecular weight excluding hydrogens is 506 g/mol. The molecule has 0 aliphatic carbocycles. The van der Waals surface area contributed by atoms with E-state index < -0.39 is 43.2 Å². The van der Waals surface area contributed by atoms with E-state index in [2.05, 4.69) is 12.2 Å². The molecule has 1 amide bonds. The van der Waals surface area contributed by atoms with E-state index in [1.54, 1.807) is 24.3 Å². The van der Waals surface area contributed by atoms with E-state index in [9.17, 15) is 35.1 Å². The minimum absolute atomic E-state index is 0.319. The van der Waals surface area contributed by atoms with Gasteiger partial charge in [0.15, 0.2) is 11.5 Å². The molecule has 39 heavy (non-hydrogen) atoms. The molecule has 6 N–H and O–H groups in total.